The number of carbonyl (C=O) groups excluding carboxylic acids is 1. The maximum Gasteiger partial charge on any atom is 0.325 e. The van der Waals surface area contributed by atoms with Crippen LogP contribution in [-0.2, 0) is 9.53 Å². The summed E-state index contributed by atoms with van der Waals surface area (Å²) in [5.74, 6) is -0.140. The van der Waals surface area contributed by atoms with E-state index in [1.54, 1.807) is 0 Å². The molecule has 1 fully saturated rings. The van der Waals surface area contributed by atoms with Crippen molar-refractivity contribution in [1.29, 1.82) is 0 Å². The van der Waals surface area contributed by atoms with E-state index >= 15 is 0 Å². The molecule has 106 valence electrons. The number of nitrogens with one attached hydrogen (secondary N) is 1. The Hall–Kier alpha value is -0.610. The van der Waals surface area contributed by atoms with E-state index in [0.717, 1.165) is 19.5 Å². The molecule has 4 nitrogen and oxygen atoms in total. The second-order valence-corrected chi connectivity index (χ2v) is 5.65. The second-order valence-electron chi connectivity index (χ2n) is 5.65. The quantitative estimate of drug-likeness (QED) is 0.639. The standard InChI is InChI=1S/C14H28N2O2/c1-5-6-10-16(3)11-9-14(2,13(17)18-4)15-12-7-8-12/h12,15H,5-11H2,1-4H3. The van der Waals surface area contributed by atoms with Gasteiger partial charge in [-0.05, 0) is 46.2 Å². The Morgan fingerprint density at radius 1 is 1.44 bits per heavy atom. The average molecular weight is 256 g/mol. The highest BCUT2D eigenvalue weighted by Crippen LogP contribution is 2.25. The summed E-state index contributed by atoms with van der Waals surface area (Å²) < 4.78 is 4.94. The molecule has 0 aromatic carbocycles. The van der Waals surface area contributed by atoms with Crippen molar-refractivity contribution >= 4 is 5.97 Å². The van der Waals surface area contributed by atoms with E-state index in [0.29, 0.717) is 6.04 Å². The van der Waals surface area contributed by atoms with Gasteiger partial charge in [0.2, 0.25) is 0 Å². The fraction of sp³-hybridized carbons (Fsp3) is 0.929. The van der Waals surface area contributed by atoms with Crippen LogP contribution in [0, 0.1) is 0 Å². The number of esters is 1. The Bertz CT molecular complexity index is 267. The molecule has 1 rings (SSSR count). The number of ether oxygens (including phenoxy) is 1. The largest absolute Gasteiger partial charge is 0.468 e. The Morgan fingerprint density at radius 3 is 2.61 bits per heavy atom. The van der Waals surface area contributed by atoms with Gasteiger partial charge in [-0.2, -0.15) is 0 Å². The van der Waals surface area contributed by atoms with Gasteiger partial charge in [-0.3, -0.25) is 10.1 Å². The molecule has 0 aromatic heterocycles. The van der Waals surface area contributed by atoms with Gasteiger partial charge in [-0.15, -0.1) is 0 Å². The van der Waals surface area contributed by atoms with Crippen molar-refractivity contribution in [3.63, 3.8) is 0 Å². The summed E-state index contributed by atoms with van der Waals surface area (Å²) in [6.45, 7) is 6.17. The van der Waals surface area contributed by atoms with Crippen LogP contribution in [0.2, 0.25) is 0 Å². The number of hydrogen-bond acceptors (Lipinski definition) is 4. The van der Waals surface area contributed by atoms with Crippen molar-refractivity contribution in [2.45, 2.75) is 57.5 Å². The first kappa shape index (κ1) is 15.4. The van der Waals surface area contributed by atoms with E-state index < -0.39 is 5.54 Å². The lowest BCUT2D eigenvalue weighted by atomic mass is 9.97. The van der Waals surface area contributed by atoms with Crippen molar-refractivity contribution in [3.8, 4) is 0 Å². The molecule has 1 atom stereocenters. The summed E-state index contributed by atoms with van der Waals surface area (Å²) in [6, 6.07) is 0.509. The first-order valence-corrected chi connectivity index (χ1v) is 7.06. The van der Waals surface area contributed by atoms with Gasteiger partial charge >= 0.3 is 5.97 Å². The van der Waals surface area contributed by atoms with Crippen molar-refractivity contribution in [2.75, 3.05) is 27.2 Å². The maximum absolute atomic E-state index is 11.9. The third kappa shape index (κ3) is 4.94. The molecule has 0 spiro atoms. The van der Waals surface area contributed by atoms with E-state index in [1.807, 2.05) is 6.92 Å². The summed E-state index contributed by atoms with van der Waals surface area (Å²) in [5.41, 5.74) is -0.531. The van der Waals surface area contributed by atoms with Crippen LogP contribution in [0.15, 0.2) is 0 Å². The predicted octanol–water partition coefficient (Wildman–Crippen LogP) is 1.79. The van der Waals surface area contributed by atoms with Crippen LogP contribution in [-0.4, -0.2) is 49.7 Å². The number of carbonyl (C=O) groups is 1. The topological polar surface area (TPSA) is 41.6 Å². The lowest BCUT2D eigenvalue weighted by molar-refractivity contribution is -0.148. The molecular weight excluding hydrogens is 228 g/mol. The molecule has 18 heavy (non-hydrogen) atoms. The van der Waals surface area contributed by atoms with Gasteiger partial charge in [0.25, 0.3) is 0 Å². The van der Waals surface area contributed by atoms with Gasteiger partial charge in [-0.25, -0.2) is 0 Å². The smallest absolute Gasteiger partial charge is 0.325 e. The molecule has 4 heteroatoms. The van der Waals surface area contributed by atoms with E-state index in [-0.39, 0.29) is 5.97 Å². The third-order valence-corrected chi connectivity index (χ3v) is 3.62. The summed E-state index contributed by atoms with van der Waals surface area (Å²) in [6.07, 6.45) is 5.58. The van der Waals surface area contributed by atoms with Gasteiger partial charge in [0.1, 0.15) is 5.54 Å². The van der Waals surface area contributed by atoms with Gasteiger partial charge < -0.3 is 9.64 Å². The van der Waals surface area contributed by atoms with Gasteiger partial charge in [0, 0.05) is 12.6 Å². The lowest BCUT2D eigenvalue weighted by Crippen LogP contribution is -2.52. The van der Waals surface area contributed by atoms with Gasteiger partial charge in [0.15, 0.2) is 0 Å². The van der Waals surface area contributed by atoms with Gasteiger partial charge in [0.05, 0.1) is 7.11 Å². The Morgan fingerprint density at radius 2 is 2.11 bits per heavy atom. The first-order valence-electron chi connectivity index (χ1n) is 7.06. The average Bonchev–Trinajstić information content (AvgIpc) is 3.16. The molecule has 1 N–H and O–H groups in total. The predicted molar refractivity (Wildman–Crippen MR) is 73.6 cm³/mol. The SMILES string of the molecule is CCCCN(C)CCC(C)(NC1CC1)C(=O)OC. The monoisotopic (exact) mass is 256 g/mol. The molecule has 0 amide bonds. The summed E-state index contributed by atoms with van der Waals surface area (Å²) >= 11 is 0. The fourth-order valence-corrected chi connectivity index (χ4v) is 2.09. The molecule has 1 saturated carbocycles. The number of nitrogens with zero attached hydrogens (tertiary/aromatic N) is 1. The highest BCUT2D eigenvalue weighted by Gasteiger charge is 2.39. The van der Waals surface area contributed by atoms with Crippen LogP contribution in [0.3, 0.4) is 0 Å². The van der Waals surface area contributed by atoms with Crippen LogP contribution < -0.4 is 5.32 Å². The second kappa shape index (κ2) is 7.10. The molecule has 0 radical (unpaired) electrons. The highest BCUT2D eigenvalue weighted by atomic mass is 16.5. The Labute approximate surface area is 111 Å². The van der Waals surface area contributed by atoms with Crippen molar-refractivity contribution in [1.82, 2.24) is 10.2 Å². The lowest BCUT2D eigenvalue weighted by Gasteiger charge is -2.30. The first-order chi connectivity index (χ1) is 8.51. The highest BCUT2D eigenvalue weighted by molar-refractivity contribution is 5.80. The minimum atomic E-state index is -0.531. The van der Waals surface area contributed by atoms with Crippen molar-refractivity contribution in [3.05, 3.63) is 0 Å². The number of rotatable bonds is 9. The van der Waals surface area contributed by atoms with E-state index in [9.17, 15) is 4.79 Å². The van der Waals surface area contributed by atoms with Crippen LogP contribution in [0.25, 0.3) is 0 Å². The number of methoxy groups -OCH3 is 1. The molecule has 0 aromatic rings. The molecular formula is C14H28N2O2. The number of unbranched alkanes of at least 4 members (excludes halogenated alkanes) is 1. The molecule has 0 bridgehead atoms. The van der Waals surface area contributed by atoms with E-state index in [2.05, 4.69) is 24.2 Å². The minimum absolute atomic E-state index is 0.140. The molecule has 1 aliphatic carbocycles. The molecule has 1 aliphatic rings. The van der Waals surface area contributed by atoms with Crippen LogP contribution in [0.1, 0.15) is 46.0 Å². The molecule has 1 unspecified atom stereocenters. The van der Waals surface area contributed by atoms with Crippen LogP contribution >= 0.6 is 0 Å². The molecule has 0 saturated heterocycles. The normalized spacial score (nSPS) is 18.7. The third-order valence-electron chi connectivity index (χ3n) is 3.62. The summed E-state index contributed by atoms with van der Waals surface area (Å²) in [4.78, 5) is 14.2. The zero-order valence-corrected chi connectivity index (χ0v) is 12.3. The number of hydrogen-bond donors (Lipinski definition) is 1. The maximum atomic E-state index is 11.9. The van der Waals surface area contributed by atoms with Crippen LogP contribution in [0.4, 0.5) is 0 Å². The summed E-state index contributed by atoms with van der Waals surface area (Å²) in [7, 11) is 3.58. The fourth-order valence-electron chi connectivity index (χ4n) is 2.09. The zero-order valence-electron chi connectivity index (χ0n) is 12.3. The van der Waals surface area contributed by atoms with E-state index in [1.165, 1.54) is 32.8 Å². The minimum Gasteiger partial charge on any atom is -0.468 e. The Kier molecular flexibility index (Phi) is 6.09. The Balaban J connectivity index is 2.42. The summed E-state index contributed by atoms with van der Waals surface area (Å²) in [5, 5.41) is 3.43. The van der Waals surface area contributed by atoms with Crippen molar-refractivity contribution in [2.24, 2.45) is 0 Å². The van der Waals surface area contributed by atoms with Crippen LogP contribution in [0.5, 0.6) is 0 Å². The zero-order chi connectivity index (χ0) is 13.6. The molecule has 0 heterocycles. The van der Waals surface area contributed by atoms with Crippen molar-refractivity contribution < 1.29 is 9.53 Å². The van der Waals surface area contributed by atoms with Gasteiger partial charge in [-0.1, -0.05) is 13.3 Å². The molecule has 0 aliphatic heterocycles. The van der Waals surface area contributed by atoms with E-state index in [4.69, 9.17) is 4.74 Å².